The maximum atomic E-state index is 11.9. The Balaban J connectivity index is 1.64. The van der Waals surface area contributed by atoms with Crippen molar-refractivity contribution >= 4 is 17.3 Å². The molecule has 126 valence electrons. The SMILES string of the molecule is CN1CCc2cc(CNc3cccc(C(=O)NCCO)c3)ccc21. The predicted octanol–water partition coefficient (Wildman–Crippen LogP) is 2.01. The van der Waals surface area contributed by atoms with Crippen LogP contribution in [0.5, 0.6) is 0 Å². The van der Waals surface area contributed by atoms with Crippen LogP contribution >= 0.6 is 0 Å². The summed E-state index contributed by atoms with van der Waals surface area (Å²) < 4.78 is 0. The molecule has 1 heterocycles. The Morgan fingerprint density at radius 2 is 2.12 bits per heavy atom. The first-order valence-corrected chi connectivity index (χ1v) is 8.23. The van der Waals surface area contributed by atoms with Gasteiger partial charge in [0.15, 0.2) is 0 Å². The van der Waals surface area contributed by atoms with Crippen LogP contribution in [0.2, 0.25) is 0 Å². The number of rotatable bonds is 6. The summed E-state index contributed by atoms with van der Waals surface area (Å²) >= 11 is 0. The molecular weight excluding hydrogens is 302 g/mol. The van der Waals surface area contributed by atoms with Crippen LogP contribution in [0, 0.1) is 0 Å². The van der Waals surface area contributed by atoms with E-state index in [0.29, 0.717) is 5.56 Å². The number of aliphatic hydroxyl groups excluding tert-OH is 1. The molecule has 1 aliphatic rings. The third kappa shape index (κ3) is 3.68. The molecule has 1 amide bonds. The number of carbonyl (C=O) groups excluding carboxylic acids is 1. The molecule has 0 bridgehead atoms. The molecule has 0 saturated carbocycles. The molecule has 0 fully saturated rings. The molecular formula is C19H23N3O2. The van der Waals surface area contributed by atoms with Gasteiger partial charge in [-0.1, -0.05) is 18.2 Å². The second-order valence-corrected chi connectivity index (χ2v) is 6.05. The average Bonchev–Trinajstić information content (AvgIpc) is 2.98. The summed E-state index contributed by atoms with van der Waals surface area (Å²) in [6, 6.07) is 14.0. The van der Waals surface area contributed by atoms with Crippen LogP contribution in [0.4, 0.5) is 11.4 Å². The van der Waals surface area contributed by atoms with E-state index >= 15 is 0 Å². The Bertz CT molecular complexity index is 730. The highest BCUT2D eigenvalue weighted by atomic mass is 16.3. The van der Waals surface area contributed by atoms with Crippen LogP contribution in [-0.4, -0.2) is 37.8 Å². The molecule has 5 heteroatoms. The van der Waals surface area contributed by atoms with E-state index in [2.05, 4.69) is 40.8 Å². The molecule has 0 saturated heterocycles. The van der Waals surface area contributed by atoms with Crippen LogP contribution in [0.15, 0.2) is 42.5 Å². The number of hydrogen-bond donors (Lipinski definition) is 3. The van der Waals surface area contributed by atoms with Gasteiger partial charge in [0.1, 0.15) is 0 Å². The van der Waals surface area contributed by atoms with Gasteiger partial charge in [-0.05, 0) is 41.8 Å². The van der Waals surface area contributed by atoms with Gasteiger partial charge in [0.25, 0.3) is 5.91 Å². The number of carbonyl (C=O) groups is 1. The van der Waals surface area contributed by atoms with Gasteiger partial charge in [0, 0.05) is 43.6 Å². The Morgan fingerprint density at radius 1 is 1.25 bits per heavy atom. The molecule has 0 radical (unpaired) electrons. The lowest BCUT2D eigenvalue weighted by atomic mass is 10.1. The number of nitrogens with one attached hydrogen (secondary N) is 2. The van der Waals surface area contributed by atoms with Crippen molar-refractivity contribution in [2.24, 2.45) is 0 Å². The monoisotopic (exact) mass is 325 g/mol. The van der Waals surface area contributed by atoms with Crippen molar-refractivity contribution in [3.8, 4) is 0 Å². The lowest BCUT2D eigenvalue weighted by Gasteiger charge is -2.13. The van der Waals surface area contributed by atoms with E-state index < -0.39 is 0 Å². The Kier molecular flexibility index (Phi) is 5.01. The highest BCUT2D eigenvalue weighted by Gasteiger charge is 2.15. The predicted molar refractivity (Wildman–Crippen MR) is 96.6 cm³/mol. The van der Waals surface area contributed by atoms with Gasteiger partial charge >= 0.3 is 0 Å². The number of benzene rings is 2. The van der Waals surface area contributed by atoms with E-state index in [1.807, 2.05) is 18.2 Å². The zero-order chi connectivity index (χ0) is 16.9. The van der Waals surface area contributed by atoms with E-state index in [1.54, 1.807) is 6.07 Å². The number of nitrogens with zero attached hydrogens (tertiary/aromatic N) is 1. The Hall–Kier alpha value is -2.53. The summed E-state index contributed by atoms with van der Waals surface area (Å²) in [6.07, 6.45) is 1.10. The summed E-state index contributed by atoms with van der Waals surface area (Å²) in [7, 11) is 2.12. The molecule has 0 spiro atoms. The maximum Gasteiger partial charge on any atom is 0.251 e. The van der Waals surface area contributed by atoms with Gasteiger partial charge in [-0.2, -0.15) is 0 Å². The molecule has 0 aliphatic carbocycles. The fraction of sp³-hybridized carbons (Fsp3) is 0.316. The molecule has 3 rings (SSSR count). The van der Waals surface area contributed by atoms with Gasteiger partial charge in [-0.25, -0.2) is 0 Å². The first-order chi connectivity index (χ1) is 11.7. The highest BCUT2D eigenvalue weighted by molar-refractivity contribution is 5.95. The fourth-order valence-electron chi connectivity index (χ4n) is 2.98. The zero-order valence-electron chi connectivity index (χ0n) is 13.9. The summed E-state index contributed by atoms with van der Waals surface area (Å²) in [5.41, 5.74) is 5.45. The van der Waals surface area contributed by atoms with E-state index in [4.69, 9.17) is 5.11 Å². The van der Waals surface area contributed by atoms with Crippen molar-refractivity contribution in [3.63, 3.8) is 0 Å². The van der Waals surface area contributed by atoms with E-state index in [9.17, 15) is 4.79 Å². The van der Waals surface area contributed by atoms with Gasteiger partial charge in [-0.3, -0.25) is 4.79 Å². The van der Waals surface area contributed by atoms with Gasteiger partial charge in [0.2, 0.25) is 0 Å². The number of aliphatic hydroxyl groups is 1. The third-order valence-electron chi connectivity index (χ3n) is 4.29. The number of amides is 1. The van der Waals surface area contributed by atoms with Crippen LogP contribution in [0.3, 0.4) is 0 Å². The zero-order valence-corrected chi connectivity index (χ0v) is 13.9. The summed E-state index contributed by atoms with van der Waals surface area (Å²) in [4.78, 5) is 14.2. The molecule has 5 nitrogen and oxygen atoms in total. The normalized spacial score (nSPS) is 12.8. The molecule has 0 aromatic heterocycles. The van der Waals surface area contributed by atoms with Crippen molar-refractivity contribution in [2.45, 2.75) is 13.0 Å². The number of fused-ring (bicyclic) bond motifs is 1. The summed E-state index contributed by atoms with van der Waals surface area (Å²) in [5, 5.41) is 14.8. The number of hydrogen-bond acceptors (Lipinski definition) is 4. The first-order valence-electron chi connectivity index (χ1n) is 8.23. The second kappa shape index (κ2) is 7.36. The minimum Gasteiger partial charge on any atom is -0.395 e. The highest BCUT2D eigenvalue weighted by Crippen LogP contribution is 2.27. The first kappa shape index (κ1) is 16.3. The van der Waals surface area contributed by atoms with Crippen molar-refractivity contribution in [1.29, 1.82) is 0 Å². The minimum atomic E-state index is -0.173. The smallest absolute Gasteiger partial charge is 0.251 e. The molecule has 2 aromatic carbocycles. The molecule has 24 heavy (non-hydrogen) atoms. The lowest BCUT2D eigenvalue weighted by Crippen LogP contribution is -2.26. The average molecular weight is 325 g/mol. The summed E-state index contributed by atoms with van der Waals surface area (Å²) in [6.45, 7) is 2.01. The van der Waals surface area contributed by atoms with Crippen LogP contribution in [-0.2, 0) is 13.0 Å². The van der Waals surface area contributed by atoms with E-state index in [1.165, 1.54) is 16.8 Å². The molecule has 0 unspecified atom stereocenters. The van der Waals surface area contributed by atoms with Gasteiger partial charge < -0.3 is 20.6 Å². The lowest BCUT2D eigenvalue weighted by molar-refractivity contribution is 0.0945. The topological polar surface area (TPSA) is 64.6 Å². The van der Waals surface area contributed by atoms with Gasteiger partial charge in [0.05, 0.1) is 6.61 Å². The Labute approximate surface area is 142 Å². The van der Waals surface area contributed by atoms with E-state index in [-0.39, 0.29) is 19.1 Å². The van der Waals surface area contributed by atoms with Gasteiger partial charge in [-0.15, -0.1) is 0 Å². The second-order valence-electron chi connectivity index (χ2n) is 6.05. The molecule has 1 aliphatic heterocycles. The van der Waals surface area contributed by atoms with Crippen LogP contribution in [0.25, 0.3) is 0 Å². The van der Waals surface area contributed by atoms with Crippen LogP contribution < -0.4 is 15.5 Å². The third-order valence-corrected chi connectivity index (χ3v) is 4.29. The van der Waals surface area contributed by atoms with Crippen molar-refractivity contribution < 1.29 is 9.90 Å². The fourth-order valence-corrected chi connectivity index (χ4v) is 2.98. The quantitative estimate of drug-likeness (QED) is 0.760. The minimum absolute atomic E-state index is 0.0583. The summed E-state index contributed by atoms with van der Waals surface area (Å²) in [5.74, 6) is -0.173. The number of anilines is 2. The molecule has 2 aromatic rings. The van der Waals surface area contributed by atoms with Crippen molar-refractivity contribution in [2.75, 3.05) is 37.0 Å². The van der Waals surface area contributed by atoms with Crippen molar-refractivity contribution in [1.82, 2.24) is 5.32 Å². The Morgan fingerprint density at radius 3 is 2.96 bits per heavy atom. The maximum absolute atomic E-state index is 11.9. The van der Waals surface area contributed by atoms with Crippen molar-refractivity contribution in [3.05, 3.63) is 59.2 Å². The van der Waals surface area contributed by atoms with E-state index in [0.717, 1.165) is 25.2 Å². The van der Waals surface area contributed by atoms with Crippen LogP contribution in [0.1, 0.15) is 21.5 Å². The molecule has 0 atom stereocenters. The largest absolute Gasteiger partial charge is 0.395 e. The standard InChI is InChI=1S/C19H23N3O2/c1-22-9-7-15-11-14(5-6-18(15)22)13-21-17-4-2-3-16(12-17)19(24)20-8-10-23/h2-6,11-12,21,23H,7-10,13H2,1H3,(H,20,24). The number of likely N-dealkylation sites (N-methyl/N-ethyl adjacent to an activating group) is 1. The molecule has 3 N–H and O–H groups in total.